The molecule has 1 aliphatic heterocycles. The average molecular weight is 253 g/mol. The Morgan fingerprint density at radius 3 is 2.47 bits per heavy atom. The van der Waals surface area contributed by atoms with E-state index in [4.69, 9.17) is 9.73 Å². The van der Waals surface area contributed by atoms with Gasteiger partial charge < -0.3 is 4.74 Å². The van der Waals surface area contributed by atoms with Crippen LogP contribution in [0.25, 0.3) is 10.8 Å². The molecule has 3 rings (SSSR count). The third-order valence-corrected chi connectivity index (χ3v) is 3.65. The van der Waals surface area contributed by atoms with Gasteiger partial charge >= 0.3 is 0 Å². The number of aliphatic imine (C=N–C) groups is 1. The Kier molecular flexibility index (Phi) is 2.81. The highest BCUT2D eigenvalue weighted by molar-refractivity contribution is 5.99. The maximum Gasteiger partial charge on any atom is 0.216 e. The van der Waals surface area contributed by atoms with Crippen molar-refractivity contribution in [3.63, 3.8) is 0 Å². The summed E-state index contributed by atoms with van der Waals surface area (Å²) in [6.07, 6.45) is 0. The highest BCUT2D eigenvalue weighted by Crippen LogP contribution is 2.28. The van der Waals surface area contributed by atoms with Gasteiger partial charge in [-0.25, -0.2) is 4.99 Å². The minimum Gasteiger partial charge on any atom is -0.475 e. The Hall–Kier alpha value is -1.83. The minimum atomic E-state index is 0.151. The van der Waals surface area contributed by atoms with Crippen LogP contribution < -0.4 is 0 Å². The molecular formula is C17H19NO. The normalized spacial score (nSPS) is 19.3. The molecule has 2 nitrogen and oxygen atoms in total. The summed E-state index contributed by atoms with van der Waals surface area (Å²) in [7, 11) is 0. The molecule has 0 aromatic heterocycles. The molecule has 0 saturated carbocycles. The first kappa shape index (κ1) is 12.2. The number of hydrogen-bond donors (Lipinski definition) is 0. The zero-order chi connectivity index (χ0) is 13.5. The molecule has 2 aromatic rings. The molecule has 0 amide bonds. The largest absolute Gasteiger partial charge is 0.475 e. The van der Waals surface area contributed by atoms with Gasteiger partial charge in [0.05, 0.1) is 6.04 Å². The van der Waals surface area contributed by atoms with Crippen LogP contribution in [0.3, 0.4) is 0 Å². The molecular weight excluding hydrogens is 234 g/mol. The molecule has 0 unspecified atom stereocenters. The number of fused-ring (bicyclic) bond motifs is 1. The Morgan fingerprint density at radius 1 is 1.05 bits per heavy atom. The second-order valence-electron chi connectivity index (χ2n) is 6.19. The molecule has 19 heavy (non-hydrogen) atoms. The van der Waals surface area contributed by atoms with Crippen molar-refractivity contribution in [2.45, 2.75) is 26.8 Å². The summed E-state index contributed by atoms with van der Waals surface area (Å²) in [5, 5.41) is 2.47. The lowest BCUT2D eigenvalue weighted by atomic mass is 9.88. The smallest absolute Gasteiger partial charge is 0.216 e. The SMILES string of the molecule is CC(C)(C)[C@H]1COC(c2ccc3ccccc3c2)=N1. The van der Waals surface area contributed by atoms with Crippen molar-refractivity contribution in [1.29, 1.82) is 0 Å². The van der Waals surface area contributed by atoms with Crippen molar-refractivity contribution < 1.29 is 4.74 Å². The first-order valence-electron chi connectivity index (χ1n) is 6.74. The van der Waals surface area contributed by atoms with Crippen LogP contribution in [0.5, 0.6) is 0 Å². The van der Waals surface area contributed by atoms with Gasteiger partial charge in [0.2, 0.25) is 5.90 Å². The van der Waals surface area contributed by atoms with Gasteiger partial charge in [-0.1, -0.05) is 51.1 Å². The van der Waals surface area contributed by atoms with E-state index >= 15 is 0 Å². The van der Waals surface area contributed by atoms with Crippen molar-refractivity contribution in [2.75, 3.05) is 6.61 Å². The summed E-state index contributed by atoms with van der Waals surface area (Å²) < 4.78 is 5.78. The molecule has 0 spiro atoms. The molecule has 0 saturated heterocycles. The van der Waals surface area contributed by atoms with Crippen LogP contribution in [0.15, 0.2) is 47.5 Å². The molecule has 0 aliphatic carbocycles. The van der Waals surface area contributed by atoms with Gasteiger partial charge in [0.25, 0.3) is 0 Å². The van der Waals surface area contributed by atoms with E-state index in [0.29, 0.717) is 6.61 Å². The minimum absolute atomic E-state index is 0.151. The van der Waals surface area contributed by atoms with E-state index < -0.39 is 0 Å². The summed E-state index contributed by atoms with van der Waals surface area (Å²) in [5.41, 5.74) is 1.23. The van der Waals surface area contributed by atoms with Gasteiger partial charge in [-0.3, -0.25) is 0 Å². The molecule has 98 valence electrons. The summed E-state index contributed by atoms with van der Waals surface area (Å²) in [6, 6.07) is 15.0. The van der Waals surface area contributed by atoms with Crippen LogP contribution in [-0.4, -0.2) is 18.5 Å². The fraction of sp³-hybridized carbons (Fsp3) is 0.353. The summed E-state index contributed by atoms with van der Waals surface area (Å²) in [5.74, 6) is 0.783. The standard InChI is InChI=1S/C17H19NO/c1-17(2,3)15-11-19-16(18-15)14-9-8-12-6-4-5-7-13(12)10-14/h4-10,15H,11H2,1-3H3/t15-/m1/s1. The lowest BCUT2D eigenvalue weighted by Crippen LogP contribution is -2.25. The van der Waals surface area contributed by atoms with E-state index in [2.05, 4.69) is 63.2 Å². The lowest BCUT2D eigenvalue weighted by Gasteiger charge is -2.21. The predicted molar refractivity (Wildman–Crippen MR) is 79.7 cm³/mol. The fourth-order valence-corrected chi connectivity index (χ4v) is 2.30. The van der Waals surface area contributed by atoms with Gasteiger partial charge in [0.1, 0.15) is 6.61 Å². The Bertz CT molecular complexity index is 637. The second kappa shape index (κ2) is 4.37. The topological polar surface area (TPSA) is 21.6 Å². The molecule has 0 radical (unpaired) electrons. The average Bonchev–Trinajstić information content (AvgIpc) is 2.87. The van der Waals surface area contributed by atoms with Crippen molar-refractivity contribution in [3.05, 3.63) is 48.0 Å². The van der Waals surface area contributed by atoms with Gasteiger partial charge in [-0.05, 0) is 28.3 Å². The third kappa shape index (κ3) is 2.35. The van der Waals surface area contributed by atoms with Crippen LogP contribution in [0, 0.1) is 5.41 Å². The third-order valence-electron chi connectivity index (χ3n) is 3.65. The number of rotatable bonds is 1. The molecule has 0 N–H and O–H groups in total. The zero-order valence-corrected chi connectivity index (χ0v) is 11.7. The van der Waals surface area contributed by atoms with Crippen LogP contribution in [-0.2, 0) is 4.74 Å². The van der Waals surface area contributed by atoms with E-state index in [1.54, 1.807) is 0 Å². The van der Waals surface area contributed by atoms with Crippen molar-refractivity contribution in [3.8, 4) is 0 Å². The van der Waals surface area contributed by atoms with Crippen molar-refractivity contribution >= 4 is 16.7 Å². The van der Waals surface area contributed by atoms with Crippen LogP contribution in [0.2, 0.25) is 0 Å². The highest BCUT2D eigenvalue weighted by atomic mass is 16.5. The lowest BCUT2D eigenvalue weighted by molar-refractivity contribution is 0.236. The first-order chi connectivity index (χ1) is 9.04. The summed E-state index contributed by atoms with van der Waals surface area (Å²) >= 11 is 0. The number of hydrogen-bond acceptors (Lipinski definition) is 2. The second-order valence-corrected chi connectivity index (χ2v) is 6.19. The summed E-state index contributed by atoms with van der Waals surface area (Å²) in [6.45, 7) is 7.29. The highest BCUT2D eigenvalue weighted by Gasteiger charge is 2.30. The number of benzene rings is 2. The van der Waals surface area contributed by atoms with E-state index in [1.807, 2.05) is 0 Å². The molecule has 1 heterocycles. The molecule has 0 fully saturated rings. The van der Waals surface area contributed by atoms with E-state index in [-0.39, 0.29) is 11.5 Å². The fourth-order valence-electron chi connectivity index (χ4n) is 2.30. The van der Waals surface area contributed by atoms with E-state index in [0.717, 1.165) is 11.5 Å². The van der Waals surface area contributed by atoms with Gasteiger partial charge in [0.15, 0.2) is 0 Å². The van der Waals surface area contributed by atoms with Crippen LogP contribution in [0.1, 0.15) is 26.3 Å². The molecule has 1 atom stereocenters. The monoisotopic (exact) mass is 253 g/mol. The van der Waals surface area contributed by atoms with Gasteiger partial charge in [0, 0.05) is 5.56 Å². The van der Waals surface area contributed by atoms with Crippen molar-refractivity contribution in [2.24, 2.45) is 10.4 Å². The van der Waals surface area contributed by atoms with Crippen LogP contribution >= 0.6 is 0 Å². The molecule has 1 aliphatic rings. The van der Waals surface area contributed by atoms with Crippen LogP contribution in [0.4, 0.5) is 0 Å². The predicted octanol–water partition coefficient (Wildman–Crippen LogP) is 4.03. The quantitative estimate of drug-likeness (QED) is 0.752. The van der Waals surface area contributed by atoms with E-state index in [9.17, 15) is 0 Å². The van der Waals surface area contributed by atoms with Crippen molar-refractivity contribution in [1.82, 2.24) is 0 Å². The first-order valence-corrected chi connectivity index (χ1v) is 6.74. The Morgan fingerprint density at radius 2 is 1.79 bits per heavy atom. The Balaban J connectivity index is 1.97. The number of ether oxygens (including phenoxy) is 1. The number of nitrogens with zero attached hydrogens (tertiary/aromatic N) is 1. The molecule has 0 bridgehead atoms. The molecule has 2 heteroatoms. The zero-order valence-electron chi connectivity index (χ0n) is 11.7. The van der Waals surface area contributed by atoms with Gasteiger partial charge in [-0.15, -0.1) is 0 Å². The maximum absolute atomic E-state index is 5.78. The molecule has 2 aromatic carbocycles. The van der Waals surface area contributed by atoms with Gasteiger partial charge in [-0.2, -0.15) is 0 Å². The Labute approximate surface area is 114 Å². The summed E-state index contributed by atoms with van der Waals surface area (Å²) in [4.78, 5) is 4.73. The van der Waals surface area contributed by atoms with E-state index in [1.165, 1.54) is 10.8 Å². The maximum atomic E-state index is 5.78.